The third kappa shape index (κ3) is 6.98. The van der Waals surface area contributed by atoms with Gasteiger partial charge in [0.25, 0.3) is 0 Å². The van der Waals surface area contributed by atoms with Crippen LogP contribution in [0.3, 0.4) is 0 Å². The molecule has 6 rings (SSSR count). The van der Waals surface area contributed by atoms with Gasteiger partial charge in [-0.3, -0.25) is 9.97 Å². The smallest absolute Gasteiger partial charge is 0.350 e. The van der Waals surface area contributed by atoms with E-state index in [9.17, 15) is 9.59 Å². The topological polar surface area (TPSA) is 104 Å². The Morgan fingerprint density at radius 3 is 2.00 bits per heavy atom. The van der Waals surface area contributed by atoms with E-state index in [4.69, 9.17) is 9.47 Å². The number of fused-ring (bicyclic) bond motifs is 2. The van der Waals surface area contributed by atoms with Crippen molar-refractivity contribution in [3.8, 4) is 21.1 Å². The Hall–Kier alpha value is -3.33. The van der Waals surface area contributed by atoms with Crippen LogP contribution in [0.1, 0.15) is 44.6 Å². The van der Waals surface area contributed by atoms with Crippen molar-refractivity contribution in [2.24, 2.45) is 0 Å². The first kappa shape index (κ1) is 32.1. The molecule has 12 heteroatoms. The molecule has 44 heavy (non-hydrogen) atoms. The van der Waals surface area contributed by atoms with Crippen molar-refractivity contribution in [1.82, 2.24) is 19.9 Å². The number of halogens is 2. The van der Waals surface area contributed by atoms with Crippen molar-refractivity contribution in [3.63, 3.8) is 0 Å². The minimum Gasteiger partial charge on any atom is -0.462 e. The number of rotatable bonds is 6. The number of esters is 2. The number of ether oxygens (including phenoxy) is 2. The molecule has 0 aliphatic carbocycles. The van der Waals surface area contributed by atoms with E-state index < -0.39 is 0 Å². The fourth-order valence-corrected chi connectivity index (χ4v) is 7.61. The van der Waals surface area contributed by atoms with Gasteiger partial charge in [0.2, 0.25) is 0 Å². The molecule has 0 spiro atoms. The summed E-state index contributed by atoms with van der Waals surface area (Å²) in [7, 11) is 0. The van der Waals surface area contributed by atoms with E-state index in [0.717, 1.165) is 51.0 Å². The molecule has 0 saturated carbocycles. The molecule has 0 saturated heterocycles. The van der Waals surface area contributed by atoms with Gasteiger partial charge in [0, 0.05) is 42.3 Å². The highest BCUT2D eigenvalue weighted by molar-refractivity contribution is 14.1. The van der Waals surface area contributed by atoms with Gasteiger partial charge in [-0.1, -0.05) is 28.1 Å². The third-order valence-corrected chi connectivity index (χ3v) is 10.2. The second kappa shape index (κ2) is 14.2. The standard InChI is InChI=1S/C16H13BrN2O2S.C16H13IN2O2S/c1-3-21-16(20)14-9(2)19-15(22-14)10-7-12(17)11-5-4-6-18-13(11)8-10;1-3-21-16(20)14-9(2)19-15(22-14)11-7-10-5-4-6-18-13(10)12(17)8-11/h2*4-8H,3H2,1-2H3. The van der Waals surface area contributed by atoms with E-state index in [1.807, 2.05) is 56.3 Å². The van der Waals surface area contributed by atoms with Crippen LogP contribution in [-0.2, 0) is 9.47 Å². The molecule has 224 valence electrons. The maximum absolute atomic E-state index is 11.9. The maximum atomic E-state index is 11.9. The monoisotopic (exact) mass is 800 g/mol. The average molecular weight is 802 g/mol. The Kier molecular flexibility index (Phi) is 10.3. The molecule has 2 aromatic carbocycles. The summed E-state index contributed by atoms with van der Waals surface area (Å²) >= 11 is 8.56. The summed E-state index contributed by atoms with van der Waals surface area (Å²) in [6.07, 6.45) is 3.55. The fraction of sp³-hybridized carbons (Fsp3) is 0.188. The highest BCUT2D eigenvalue weighted by Gasteiger charge is 2.19. The summed E-state index contributed by atoms with van der Waals surface area (Å²) in [6, 6.07) is 15.9. The molecule has 0 atom stereocenters. The van der Waals surface area contributed by atoms with Crippen LogP contribution in [0.5, 0.6) is 0 Å². The molecule has 8 nitrogen and oxygen atoms in total. The number of carbonyl (C=O) groups excluding carboxylic acids is 2. The zero-order valence-electron chi connectivity index (χ0n) is 24.2. The second-order valence-electron chi connectivity index (χ2n) is 9.37. The molecule has 0 amide bonds. The molecule has 0 bridgehead atoms. The number of nitrogens with zero attached hydrogens (tertiary/aromatic N) is 4. The number of aromatic nitrogens is 4. The third-order valence-electron chi connectivity index (χ3n) is 6.34. The van der Waals surface area contributed by atoms with E-state index in [-0.39, 0.29) is 11.9 Å². The molecular weight excluding hydrogens is 775 g/mol. The van der Waals surface area contributed by atoms with Crippen LogP contribution in [0, 0.1) is 17.4 Å². The molecule has 4 heterocycles. The second-order valence-corrected chi connectivity index (χ2v) is 13.4. The van der Waals surface area contributed by atoms with Gasteiger partial charge in [-0.05, 0) is 86.7 Å². The zero-order chi connectivity index (χ0) is 31.4. The van der Waals surface area contributed by atoms with E-state index in [1.54, 1.807) is 26.2 Å². The molecule has 0 aliphatic rings. The molecule has 4 aromatic heterocycles. The number of hydrogen-bond acceptors (Lipinski definition) is 10. The van der Waals surface area contributed by atoms with Gasteiger partial charge in [0.15, 0.2) is 0 Å². The number of carbonyl (C=O) groups is 2. The van der Waals surface area contributed by atoms with Crippen LogP contribution in [0.2, 0.25) is 0 Å². The van der Waals surface area contributed by atoms with Gasteiger partial charge in [0.1, 0.15) is 19.8 Å². The Labute approximate surface area is 284 Å². The Balaban J connectivity index is 0.000000175. The SMILES string of the molecule is CCOC(=O)c1sc(-c2cc(Br)c3cccnc3c2)nc1C.CCOC(=O)c1sc(-c2cc(I)c3ncccc3c2)nc1C. The van der Waals surface area contributed by atoms with Crippen LogP contribution < -0.4 is 0 Å². The van der Waals surface area contributed by atoms with Crippen molar-refractivity contribution < 1.29 is 19.1 Å². The molecule has 0 N–H and O–H groups in total. The average Bonchev–Trinajstić information content (AvgIpc) is 3.60. The zero-order valence-corrected chi connectivity index (χ0v) is 29.6. The van der Waals surface area contributed by atoms with E-state index in [2.05, 4.69) is 64.5 Å². The lowest BCUT2D eigenvalue weighted by molar-refractivity contribution is 0.0521. The quantitative estimate of drug-likeness (QED) is 0.122. The molecule has 0 aliphatic heterocycles. The number of thiazole rings is 2. The number of benzene rings is 2. The summed E-state index contributed by atoms with van der Waals surface area (Å²) in [5.41, 5.74) is 5.19. The minimum atomic E-state index is -0.318. The molecule has 0 radical (unpaired) electrons. The molecule has 6 aromatic rings. The minimum absolute atomic E-state index is 0.305. The van der Waals surface area contributed by atoms with Crippen LogP contribution in [0.25, 0.3) is 42.9 Å². The summed E-state index contributed by atoms with van der Waals surface area (Å²) in [5.74, 6) is -0.623. The van der Waals surface area contributed by atoms with Crippen molar-refractivity contribution in [3.05, 3.63) is 90.1 Å². The van der Waals surface area contributed by atoms with Gasteiger partial charge in [-0.15, -0.1) is 22.7 Å². The van der Waals surface area contributed by atoms with Gasteiger partial charge in [-0.25, -0.2) is 19.6 Å². The molecule has 0 fully saturated rings. The van der Waals surface area contributed by atoms with Crippen LogP contribution in [0.4, 0.5) is 0 Å². The first-order valence-electron chi connectivity index (χ1n) is 13.6. The first-order valence-corrected chi connectivity index (χ1v) is 17.1. The highest BCUT2D eigenvalue weighted by Crippen LogP contribution is 2.34. The van der Waals surface area contributed by atoms with Crippen LogP contribution in [0.15, 0.2) is 65.4 Å². The fourth-order valence-electron chi connectivity index (χ4n) is 4.34. The van der Waals surface area contributed by atoms with E-state index in [0.29, 0.717) is 34.4 Å². The summed E-state index contributed by atoms with van der Waals surface area (Å²) < 4.78 is 12.2. The Morgan fingerprint density at radius 2 is 1.39 bits per heavy atom. The Morgan fingerprint density at radius 1 is 0.818 bits per heavy atom. The van der Waals surface area contributed by atoms with E-state index >= 15 is 0 Å². The van der Waals surface area contributed by atoms with Gasteiger partial charge < -0.3 is 9.47 Å². The van der Waals surface area contributed by atoms with Gasteiger partial charge >= 0.3 is 11.9 Å². The summed E-state index contributed by atoms with van der Waals surface area (Å²) in [6.45, 7) is 7.97. The summed E-state index contributed by atoms with van der Waals surface area (Å²) in [5, 5.41) is 3.72. The van der Waals surface area contributed by atoms with Crippen LogP contribution in [-0.4, -0.2) is 45.1 Å². The first-order chi connectivity index (χ1) is 21.2. The van der Waals surface area contributed by atoms with Crippen molar-refractivity contribution in [2.75, 3.05) is 13.2 Å². The highest BCUT2D eigenvalue weighted by atomic mass is 127. The lowest BCUT2D eigenvalue weighted by atomic mass is 10.1. The maximum Gasteiger partial charge on any atom is 0.350 e. The predicted octanol–water partition coefficient (Wildman–Crippen LogP) is 9.05. The number of hydrogen-bond donors (Lipinski definition) is 0. The molecular formula is C32H26BrIN4O4S2. The van der Waals surface area contributed by atoms with E-state index in [1.165, 1.54) is 22.7 Å². The van der Waals surface area contributed by atoms with Gasteiger partial charge in [-0.2, -0.15) is 0 Å². The van der Waals surface area contributed by atoms with Crippen LogP contribution >= 0.6 is 61.2 Å². The van der Waals surface area contributed by atoms with Crippen molar-refractivity contribution in [2.45, 2.75) is 27.7 Å². The summed E-state index contributed by atoms with van der Waals surface area (Å²) in [4.78, 5) is 42.8. The lowest BCUT2D eigenvalue weighted by Gasteiger charge is -2.03. The van der Waals surface area contributed by atoms with Crippen molar-refractivity contribution >= 4 is 94.9 Å². The largest absolute Gasteiger partial charge is 0.462 e. The number of pyridine rings is 2. The normalized spacial score (nSPS) is 10.9. The lowest BCUT2D eigenvalue weighted by Crippen LogP contribution is -2.03. The van der Waals surface area contributed by atoms with Gasteiger partial charge in [0.05, 0.1) is 35.6 Å². The Bertz CT molecular complexity index is 1870. The van der Waals surface area contributed by atoms with Crippen molar-refractivity contribution in [1.29, 1.82) is 0 Å². The predicted molar refractivity (Wildman–Crippen MR) is 188 cm³/mol. The number of aryl methyl sites for hydroxylation is 2. The molecule has 0 unspecified atom stereocenters.